The Kier molecular flexibility index (Phi) is 7.00. The summed E-state index contributed by atoms with van der Waals surface area (Å²) < 4.78 is 15.5. The monoisotopic (exact) mass is 369 g/mol. The van der Waals surface area contributed by atoms with Crippen LogP contribution < -0.4 is 14.8 Å². The molecule has 0 spiro atoms. The van der Waals surface area contributed by atoms with Crippen molar-refractivity contribution < 1.29 is 23.8 Å². The lowest BCUT2D eigenvalue weighted by Crippen LogP contribution is -2.29. The first-order chi connectivity index (χ1) is 12.9. The summed E-state index contributed by atoms with van der Waals surface area (Å²) in [6, 6.07) is 12.7. The molecular weight excluding hydrogens is 346 g/mol. The number of hydrogen-bond donors (Lipinski definition) is 1. The quantitative estimate of drug-likeness (QED) is 0.596. The van der Waals surface area contributed by atoms with Crippen LogP contribution in [0.5, 0.6) is 11.5 Å². The van der Waals surface area contributed by atoms with Gasteiger partial charge in [-0.1, -0.05) is 29.8 Å². The molecule has 0 saturated heterocycles. The summed E-state index contributed by atoms with van der Waals surface area (Å²) in [4.78, 5) is 24.1. The van der Waals surface area contributed by atoms with Crippen molar-refractivity contribution in [2.75, 3.05) is 19.5 Å². The summed E-state index contributed by atoms with van der Waals surface area (Å²) >= 11 is 0. The zero-order valence-corrected chi connectivity index (χ0v) is 15.8. The van der Waals surface area contributed by atoms with Gasteiger partial charge in [0.2, 0.25) is 0 Å². The van der Waals surface area contributed by atoms with E-state index in [1.165, 1.54) is 27.2 Å². The summed E-state index contributed by atoms with van der Waals surface area (Å²) in [7, 11) is 3.04. The lowest BCUT2D eigenvalue weighted by Gasteiger charge is -2.14. The molecule has 2 aromatic carbocycles. The number of carbonyl (C=O) groups excluding carboxylic acids is 2. The predicted molar refractivity (Wildman–Crippen MR) is 104 cm³/mol. The van der Waals surface area contributed by atoms with Gasteiger partial charge >= 0.3 is 5.97 Å². The van der Waals surface area contributed by atoms with E-state index in [-0.39, 0.29) is 0 Å². The number of esters is 1. The smallest absolute Gasteiger partial charge is 0.331 e. The van der Waals surface area contributed by atoms with E-state index >= 15 is 0 Å². The number of hydrogen-bond acceptors (Lipinski definition) is 5. The molecule has 0 aliphatic heterocycles. The Morgan fingerprint density at radius 3 is 2.30 bits per heavy atom. The fourth-order valence-electron chi connectivity index (χ4n) is 2.27. The molecule has 142 valence electrons. The minimum Gasteiger partial charge on any atom is -0.493 e. The summed E-state index contributed by atoms with van der Waals surface area (Å²) in [5.41, 5.74) is 2.52. The fraction of sp³-hybridized carbons (Fsp3) is 0.238. The molecule has 0 aliphatic rings. The van der Waals surface area contributed by atoms with Crippen molar-refractivity contribution in [3.8, 4) is 11.5 Å². The molecule has 1 amide bonds. The molecule has 6 heteroatoms. The topological polar surface area (TPSA) is 73.9 Å². The summed E-state index contributed by atoms with van der Waals surface area (Å²) in [6.07, 6.45) is 1.99. The number of methoxy groups -OCH3 is 2. The molecule has 0 radical (unpaired) electrons. The Bertz CT molecular complexity index is 827. The normalized spacial score (nSPS) is 11.7. The van der Waals surface area contributed by atoms with Gasteiger partial charge in [-0.15, -0.1) is 0 Å². The van der Waals surface area contributed by atoms with Crippen molar-refractivity contribution in [3.05, 3.63) is 59.7 Å². The van der Waals surface area contributed by atoms with Gasteiger partial charge in [0.1, 0.15) is 0 Å². The van der Waals surface area contributed by atoms with Gasteiger partial charge in [-0.2, -0.15) is 0 Å². The van der Waals surface area contributed by atoms with Gasteiger partial charge in [-0.3, -0.25) is 4.79 Å². The number of ether oxygens (including phenoxy) is 3. The Morgan fingerprint density at radius 2 is 1.67 bits per heavy atom. The lowest BCUT2D eigenvalue weighted by atomic mass is 10.1. The molecule has 1 N–H and O–H groups in total. The third-order valence-corrected chi connectivity index (χ3v) is 3.80. The second kappa shape index (κ2) is 9.43. The minimum absolute atomic E-state index is 0.445. The predicted octanol–water partition coefficient (Wildman–Crippen LogP) is 3.60. The molecule has 0 saturated carbocycles. The van der Waals surface area contributed by atoms with Crippen molar-refractivity contribution in [3.63, 3.8) is 0 Å². The van der Waals surface area contributed by atoms with Gasteiger partial charge < -0.3 is 19.5 Å². The van der Waals surface area contributed by atoms with Gasteiger partial charge in [0.15, 0.2) is 17.6 Å². The average molecular weight is 369 g/mol. The van der Waals surface area contributed by atoms with Crippen LogP contribution in [0.15, 0.2) is 48.5 Å². The van der Waals surface area contributed by atoms with Crippen LogP contribution in [0.1, 0.15) is 18.1 Å². The molecular formula is C21H23NO5. The maximum Gasteiger partial charge on any atom is 0.331 e. The number of nitrogens with one attached hydrogen (secondary N) is 1. The van der Waals surface area contributed by atoms with Crippen molar-refractivity contribution in [1.29, 1.82) is 0 Å². The van der Waals surface area contributed by atoms with E-state index in [0.29, 0.717) is 17.2 Å². The first-order valence-corrected chi connectivity index (χ1v) is 8.41. The summed E-state index contributed by atoms with van der Waals surface area (Å²) in [6.45, 7) is 3.49. The van der Waals surface area contributed by atoms with Crippen LogP contribution in [-0.4, -0.2) is 32.2 Å². The first kappa shape index (κ1) is 20.0. The number of carbonyl (C=O) groups is 2. The molecule has 0 unspecified atom stereocenters. The van der Waals surface area contributed by atoms with E-state index in [9.17, 15) is 9.59 Å². The highest BCUT2D eigenvalue weighted by Crippen LogP contribution is 2.29. The summed E-state index contributed by atoms with van der Waals surface area (Å²) in [5, 5.41) is 2.68. The van der Waals surface area contributed by atoms with Crippen LogP contribution in [-0.2, 0) is 14.3 Å². The molecule has 0 aliphatic carbocycles. The number of aryl methyl sites for hydroxylation is 1. The van der Waals surface area contributed by atoms with Crippen LogP contribution in [0.4, 0.5) is 5.69 Å². The highest BCUT2D eigenvalue weighted by molar-refractivity contribution is 5.96. The maximum absolute atomic E-state index is 12.2. The first-order valence-electron chi connectivity index (χ1n) is 8.41. The van der Waals surface area contributed by atoms with Gasteiger partial charge in [0, 0.05) is 17.8 Å². The van der Waals surface area contributed by atoms with Crippen LogP contribution in [0.3, 0.4) is 0 Å². The van der Waals surface area contributed by atoms with Crippen molar-refractivity contribution in [2.45, 2.75) is 20.0 Å². The second-order valence-electron chi connectivity index (χ2n) is 5.88. The minimum atomic E-state index is -0.951. The Morgan fingerprint density at radius 1 is 1.00 bits per heavy atom. The van der Waals surface area contributed by atoms with E-state index in [0.717, 1.165) is 11.1 Å². The van der Waals surface area contributed by atoms with Gasteiger partial charge in [-0.05, 0) is 37.6 Å². The van der Waals surface area contributed by atoms with Crippen LogP contribution in [0, 0.1) is 6.92 Å². The Hall–Kier alpha value is -3.28. The highest BCUT2D eigenvalue weighted by atomic mass is 16.5. The van der Waals surface area contributed by atoms with Gasteiger partial charge in [-0.25, -0.2) is 4.79 Å². The SMILES string of the molecule is COc1ccc(NC(=O)[C@@H](C)OC(=O)/C=C/c2ccc(C)cc2)cc1OC. The third kappa shape index (κ3) is 5.88. The lowest BCUT2D eigenvalue weighted by molar-refractivity contribution is -0.148. The van der Waals surface area contributed by atoms with E-state index in [2.05, 4.69) is 5.32 Å². The zero-order chi connectivity index (χ0) is 19.8. The number of rotatable bonds is 7. The van der Waals surface area contributed by atoms with E-state index < -0.39 is 18.0 Å². The van der Waals surface area contributed by atoms with Crippen molar-refractivity contribution >= 4 is 23.6 Å². The zero-order valence-electron chi connectivity index (χ0n) is 15.8. The maximum atomic E-state index is 12.2. The van der Waals surface area contributed by atoms with E-state index in [4.69, 9.17) is 14.2 Å². The van der Waals surface area contributed by atoms with Crippen LogP contribution in [0.2, 0.25) is 0 Å². The second-order valence-corrected chi connectivity index (χ2v) is 5.88. The molecule has 0 fully saturated rings. The molecule has 2 rings (SSSR count). The number of amides is 1. The summed E-state index contributed by atoms with van der Waals surface area (Å²) in [5.74, 6) is 0.00189. The largest absolute Gasteiger partial charge is 0.493 e. The highest BCUT2D eigenvalue weighted by Gasteiger charge is 2.17. The number of anilines is 1. The van der Waals surface area contributed by atoms with Gasteiger partial charge in [0.05, 0.1) is 14.2 Å². The molecule has 0 aromatic heterocycles. The molecule has 1 atom stereocenters. The van der Waals surface area contributed by atoms with Crippen LogP contribution in [0.25, 0.3) is 6.08 Å². The Balaban J connectivity index is 1.92. The average Bonchev–Trinajstić information content (AvgIpc) is 2.67. The molecule has 6 nitrogen and oxygen atoms in total. The molecule has 0 heterocycles. The molecule has 0 bridgehead atoms. The standard InChI is InChI=1S/C21H23NO5/c1-14-5-7-16(8-6-14)9-12-20(23)27-15(2)21(24)22-17-10-11-18(25-3)19(13-17)26-4/h5-13,15H,1-4H3,(H,22,24)/b12-9+/t15-/m1/s1. The molecule has 2 aromatic rings. The number of benzene rings is 2. The van der Waals surface area contributed by atoms with E-state index in [1.54, 1.807) is 24.3 Å². The molecule has 27 heavy (non-hydrogen) atoms. The van der Waals surface area contributed by atoms with Crippen molar-refractivity contribution in [1.82, 2.24) is 0 Å². The van der Waals surface area contributed by atoms with Gasteiger partial charge in [0.25, 0.3) is 5.91 Å². The van der Waals surface area contributed by atoms with Crippen molar-refractivity contribution in [2.24, 2.45) is 0 Å². The fourth-order valence-corrected chi connectivity index (χ4v) is 2.27. The van der Waals surface area contributed by atoms with E-state index in [1.807, 2.05) is 31.2 Å². The van der Waals surface area contributed by atoms with Crippen LogP contribution >= 0.6 is 0 Å². The Labute approximate surface area is 158 Å². The third-order valence-electron chi connectivity index (χ3n) is 3.80.